The summed E-state index contributed by atoms with van der Waals surface area (Å²) >= 11 is 0. The maximum absolute atomic E-state index is 7.77. The Labute approximate surface area is 80.3 Å². The van der Waals surface area contributed by atoms with E-state index >= 15 is 0 Å². The van der Waals surface area contributed by atoms with E-state index in [4.69, 9.17) is 15.3 Å². The molecule has 2 aromatic rings. The number of benzene rings is 1. The Bertz CT molecular complexity index is 650. The SMILES string of the molecule is [2H]c1nc([2H])n(-c2c([2H])c([2H])c([2H])c([2H])c2N)c1[2H]. The Morgan fingerprint density at radius 1 is 1.42 bits per heavy atom. The number of nitrogens with two attached hydrogens (primary N) is 1. The van der Waals surface area contributed by atoms with E-state index in [2.05, 4.69) is 4.98 Å². The van der Waals surface area contributed by atoms with Crippen LogP contribution in [0.25, 0.3) is 5.69 Å². The van der Waals surface area contributed by atoms with Crippen molar-refractivity contribution in [3.05, 3.63) is 42.8 Å². The summed E-state index contributed by atoms with van der Waals surface area (Å²) in [5.74, 6) is 0. The molecule has 0 saturated heterocycles. The van der Waals surface area contributed by atoms with Gasteiger partial charge in [0, 0.05) is 12.3 Å². The zero-order valence-corrected chi connectivity index (χ0v) is 5.97. The van der Waals surface area contributed by atoms with Gasteiger partial charge in [0.05, 0.1) is 25.9 Å². The van der Waals surface area contributed by atoms with Gasteiger partial charge in [-0.2, -0.15) is 0 Å². The summed E-state index contributed by atoms with van der Waals surface area (Å²) in [5.41, 5.74) is 5.13. The fraction of sp³-hybridized carbons (Fsp3) is 0. The standard InChI is InChI=1S/C9H9N3/c10-8-3-1-2-4-9(8)12-6-5-11-7-12/h1-7H,10H2/i1D,2D,3D,4D,5D,6D,7D. The summed E-state index contributed by atoms with van der Waals surface area (Å²) in [5, 5.41) is 0. The molecule has 0 aliphatic rings. The molecule has 0 amide bonds. The van der Waals surface area contributed by atoms with E-state index < -0.39 is 42.8 Å². The quantitative estimate of drug-likeness (QED) is 0.652. The second-order valence-corrected chi connectivity index (χ2v) is 2.03. The number of hydrogen-bond acceptors (Lipinski definition) is 2. The molecule has 0 fully saturated rings. The predicted molar refractivity (Wildman–Crippen MR) is 48.0 cm³/mol. The molecule has 1 heterocycles. The zero-order valence-electron chi connectivity index (χ0n) is 13.0. The van der Waals surface area contributed by atoms with Gasteiger partial charge in [-0.05, 0) is 12.1 Å². The average Bonchev–Trinajstić information content (AvgIpc) is 2.61. The average molecular weight is 166 g/mol. The molecule has 0 aliphatic heterocycles. The van der Waals surface area contributed by atoms with E-state index in [0.29, 0.717) is 0 Å². The Balaban J connectivity index is 2.91. The highest BCUT2D eigenvalue weighted by molar-refractivity contribution is 5.57. The molecule has 3 heteroatoms. The van der Waals surface area contributed by atoms with Crippen molar-refractivity contribution in [2.45, 2.75) is 0 Å². The number of nitrogens with zero attached hydrogens (tertiary/aromatic N) is 2. The van der Waals surface area contributed by atoms with E-state index in [1.165, 1.54) is 0 Å². The van der Waals surface area contributed by atoms with E-state index in [1.807, 2.05) is 0 Å². The monoisotopic (exact) mass is 166 g/mol. The molecule has 2 N–H and O–H groups in total. The van der Waals surface area contributed by atoms with Crippen molar-refractivity contribution in [3.8, 4) is 5.69 Å². The lowest BCUT2D eigenvalue weighted by Gasteiger charge is -2.04. The van der Waals surface area contributed by atoms with Crippen molar-refractivity contribution in [2.24, 2.45) is 0 Å². The highest BCUT2D eigenvalue weighted by atomic mass is 15.0. The summed E-state index contributed by atoms with van der Waals surface area (Å²) in [4.78, 5) is 3.45. The second-order valence-electron chi connectivity index (χ2n) is 2.03. The van der Waals surface area contributed by atoms with Gasteiger partial charge in [0.1, 0.15) is 1.37 Å². The molecule has 3 nitrogen and oxygen atoms in total. The van der Waals surface area contributed by atoms with Crippen LogP contribution in [0.3, 0.4) is 0 Å². The first-order valence-electron chi connectivity index (χ1n) is 6.66. The lowest BCUT2D eigenvalue weighted by atomic mass is 10.3. The number of nitrogen functional groups attached to an aromatic ring is 1. The number of imidazole rings is 1. The molecule has 0 bridgehead atoms. The van der Waals surface area contributed by atoms with Crippen molar-refractivity contribution >= 4 is 5.69 Å². The highest BCUT2D eigenvalue weighted by Crippen LogP contribution is 2.14. The van der Waals surface area contributed by atoms with Crippen LogP contribution >= 0.6 is 0 Å². The van der Waals surface area contributed by atoms with Crippen LogP contribution in [0.15, 0.2) is 42.8 Å². The molecule has 0 aliphatic carbocycles. The van der Waals surface area contributed by atoms with Crippen molar-refractivity contribution in [1.29, 1.82) is 0 Å². The van der Waals surface area contributed by atoms with Crippen molar-refractivity contribution in [1.82, 2.24) is 9.55 Å². The normalized spacial score (nSPS) is 18.2. The van der Waals surface area contributed by atoms with Crippen LogP contribution in [0.5, 0.6) is 0 Å². The largest absolute Gasteiger partial charge is 0.397 e. The van der Waals surface area contributed by atoms with Crippen LogP contribution < -0.4 is 5.73 Å². The summed E-state index contributed by atoms with van der Waals surface area (Å²) in [6.07, 6.45) is -1.40. The second kappa shape index (κ2) is 2.70. The van der Waals surface area contributed by atoms with Gasteiger partial charge in [0.25, 0.3) is 0 Å². The Hall–Kier alpha value is -1.77. The first-order chi connectivity index (χ1) is 8.77. The predicted octanol–water partition coefficient (Wildman–Crippen LogP) is 1.45. The van der Waals surface area contributed by atoms with E-state index in [1.54, 1.807) is 0 Å². The maximum atomic E-state index is 7.77. The van der Waals surface area contributed by atoms with Crippen LogP contribution in [0.1, 0.15) is 9.60 Å². The van der Waals surface area contributed by atoms with Gasteiger partial charge in [-0.25, -0.2) is 4.98 Å². The molecule has 0 radical (unpaired) electrons. The van der Waals surface area contributed by atoms with Gasteiger partial charge in [-0.3, -0.25) is 0 Å². The third-order valence-corrected chi connectivity index (χ3v) is 1.29. The minimum absolute atomic E-state index is 0.230. The molecular formula is C9H9N3. The number of hydrogen-bond donors (Lipinski definition) is 1. The molecule has 0 spiro atoms. The fourth-order valence-electron chi connectivity index (χ4n) is 0.773. The van der Waals surface area contributed by atoms with Crippen LogP contribution in [0.4, 0.5) is 5.69 Å². The van der Waals surface area contributed by atoms with Crippen molar-refractivity contribution < 1.29 is 9.60 Å². The van der Waals surface area contributed by atoms with Crippen molar-refractivity contribution in [2.75, 3.05) is 5.73 Å². The number of aromatic nitrogens is 2. The van der Waals surface area contributed by atoms with E-state index in [9.17, 15) is 0 Å². The molecule has 0 unspecified atom stereocenters. The molecule has 0 atom stereocenters. The zero-order chi connectivity index (χ0) is 14.5. The lowest BCUT2D eigenvalue weighted by Crippen LogP contribution is -1.96. The van der Waals surface area contributed by atoms with E-state index in [0.717, 1.165) is 4.57 Å². The van der Waals surface area contributed by atoms with Crippen LogP contribution in [0.2, 0.25) is 0 Å². The van der Waals surface area contributed by atoms with Crippen LogP contribution in [0, 0.1) is 0 Å². The number of para-hydroxylation sites is 2. The molecule has 2 rings (SSSR count). The number of anilines is 1. The Kier molecular flexibility index (Phi) is 0.589. The number of rotatable bonds is 1. The maximum Gasteiger partial charge on any atom is 0.105 e. The smallest absolute Gasteiger partial charge is 0.105 e. The molecule has 0 saturated carbocycles. The Morgan fingerprint density at radius 2 is 2.25 bits per heavy atom. The molecule has 1 aromatic carbocycles. The first kappa shape index (κ1) is 2.62. The van der Waals surface area contributed by atoms with E-state index in [-0.39, 0.29) is 11.4 Å². The topological polar surface area (TPSA) is 43.8 Å². The Morgan fingerprint density at radius 3 is 3.00 bits per heavy atom. The molecular weight excluding hydrogens is 150 g/mol. The fourth-order valence-corrected chi connectivity index (χ4v) is 0.773. The lowest BCUT2D eigenvalue weighted by molar-refractivity contribution is 1.06. The molecule has 60 valence electrons. The highest BCUT2D eigenvalue weighted by Gasteiger charge is 1.97. The third kappa shape index (κ3) is 1.05. The minimum atomic E-state index is -0.520. The summed E-state index contributed by atoms with van der Waals surface area (Å²) in [7, 11) is 0. The van der Waals surface area contributed by atoms with Gasteiger partial charge in [0.2, 0.25) is 0 Å². The third-order valence-electron chi connectivity index (χ3n) is 1.29. The summed E-state index contributed by atoms with van der Waals surface area (Å²) in [6, 6.07) is -1.93. The minimum Gasteiger partial charge on any atom is -0.397 e. The molecule has 12 heavy (non-hydrogen) atoms. The van der Waals surface area contributed by atoms with Gasteiger partial charge in [-0.15, -0.1) is 0 Å². The van der Waals surface area contributed by atoms with Gasteiger partial charge < -0.3 is 10.3 Å². The summed E-state index contributed by atoms with van der Waals surface area (Å²) < 4.78 is 53.8. The summed E-state index contributed by atoms with van der Waals surface area (Å²) in [6.45, 7) is 0. The van der Waals surface area contributed by atoms with Crippen LogP contribution in [-0.2, 0) is 0 Å². The van der Waals surface area contributed by atoms with Gasteiger partial charge in [0.15, 0.2) is 0 Å². The molecule has 1 aromatic heterocycles. The van der Waals surface area contributed by atoms with Crippen LogP contribution in [-0.4, -0.2) is 9.55 Å². The first-order valence-corrected chi connectivity index (χ1v) is 3.16. The van der Waals surface area contributed by atoms with Gasteiger partial charge >= 0.3 is 0 Å². The van der Waals surface area contributed by atoms with Gasteiger partial charge in [-0.1, -0.05) is 12.1 Å². The van der Waals surface area contributed by atoms with Crippen molar-refractivity contribution in [3.63, 3.8) is 0 Å².